The molecule has 1 aliphatic rings. The molecule has 1 N–H and O–H groups in total. The van der Waals surface area contributed by atoms with Crippen LogP contribution in [0.2, 0.25) is 0 Å². The molecule has 1 saturated heterocycles. The van der Waals surface area contributed by atoms with Crippen molar-refractivity contribution in [2.75, 3.05) is 23.3 Å². The van der Waals surface area contributed by atoms with Crippen molar-refractivity contribution in [3.63, 3.8) is 0 Å². The predicted octanol–water partition coefficient (Wildman–Crippen LogP) is 4.97. The fourth-order valence-corrected chi connectivity index (χ4v) is 4.14. The van der Waals surface area contributed by atoms with E-state index in [2.05, 4.69) is 35.1 Å². The van der Waals surface area contributed by atoms with Gasteiger partial charge in [0.1, 0.15) is 0 Å². The number of carbonyl (C=O) groups is 1. The van der Waals surface area contributed by atoms with Crippen LogP contribution in [0.3, 0.4) is 0 Å². The standard InChI is InChI=1S/C23H25N3O/c1-16-11-17(2)15-26(14-16)22-10-6-4-8-20(22)23(27)25-19-12-18-7-3-5-9-21(18)24-13-19/h3-10,12-13,16-17H,11,14-15H2,1-2H3,(H,25,27). The normalized spacial score (nSPS) is 19.9. The van der Waals surface area contributed by atoms with Gasteiger partial charge in [0.2, 0.25) is 0 Å². The number of anilines is 2. The Kier molecular flexibility index (Phi) is 4.80. The molecule has 0 spiro atoms. The predicted molar refractivity (Wildman–Crippen MR) is 111 cm³/mol. The summed E-state index contributed by atoms with van der Waals surface area (Å²) in [5.41, 5.74) is 3.37. The zero-order valence-electron chi connectivity index (χ0n) is 15.9. The lowest BCUT2D eigenvalue weighted by Crippen LogP contribution is -2.39. The van der Waals surface area contributed by atoms with Gasteiger partial charge in [-0.1, -0.05) is 44.2 Å². The Bertz CT molecular complexity index is 959. The number of piperidine rings is 1. The zero-order chi connectivity index (χ0) is 18.8. The van der Waals surface area contributed by atoms with Gasteiger partial charge in [0.05, 0.1) is 23.0 Å². The second-order valence-electron chi connectivity index (χ2n) is 7.74. The van der Waals surface area contributed by atoms with E-state index in [9.17, 15) is 4.79 Å². The van der Waals surface area contributed by atoms with Crippen LogP contribution >= 0.6 is 0 Å². The number of nitrogens with zero attached hydrogens (tertiary/aromatic N) is 2. The zero-order valence-corrected chi connectivity index (χ0v) is 15.9. The number of amides is 1. The summed E-state index contributed by atoms with van der Waals surface area (Å²) in [6.45, 7) is 6.55. The third kappa shape index (κ3) is 3.80. The monoisotopic (exact) mass is 359 g/mol. The van der Waals surface area contributed by atoms with E-state index >= 15 is 0 Å². The molecule has 3 aromatic rings. The Morgan fingerprint density at radius 2 is 1.74 bits per heavy atom. The first kappa shape index (κ1) is 17.5. The maximum Gasteiger partial charge on any atom is 0.257 e. The Hall–Kier alpha value is -2.88. The van der Waals surface area contributed by atoms with Crippen LogP contribution in [0.1, 0.15) is 30.6 Å². The topological polar surface area (TPSA) is 45.2 Å². The van der Waals surface area contributed by atoms with Gasteiger partial charge in [-0.25, -0.2) is 0 Å². The molecule has 1 fully saturated rings. The maximum absolute atomic E-state index is 13.0. The summed E-state index contributed by atoms with van der Waals surface area (Å²) < 4.78 is 0. The van der Waals surface area contributed by atoms with Gasteiger partial charge in [-0.3, -0.25) is 9.78 Å². The lowest BCUT2D eigenvalue weighted by molar-refractivity contribution is 0.102. The fraction of sp³-hybridized carbons (Fsp3) is 0.304. The van der Waals surface area contributed by atoms with Gasteiger partial charge in [-0.15, -0.1) is 0 Å². The highest BCUT2D eigenvalue weighted by Crippen LogP contribution is 2.29. The molecule has 4 rings (SSSR count). The van der Waals surface area contributed by atoms with Gasteiger partial charge in [0.25, 0.3) is 5.91 Å². The Labute approximate surface area is 160 Å². The van der Waals surface area contributed by atoms with Crippen LogP contribution in [0.25, 0.3) is 10.9 Å². The molecule has 138 valence electrons. The number of pyridine rings is 1. The van der Waals surface area contributed by atoms with Crippen LogP contribution in [0, 0.1) is 11.8 Å². The van der Waals surface area contributed by atoms with E-state index < -0.39 is 0 Å². The minimum Gasteiger partial charge on any atom is -0.370 e. The van der Waals surface area contributed by atoms with E-state index in [0.717, 1.165) is 29.7 Å². The Balaban J connectivity index is 1.60. The number of hydrogen-bond donors (Lipinski definition) is 1. The molecule has 2 atom stereocenters. The molecule has 2 aromatic carbocycles. The first-order valence-corrected chi connectivity index (χ1v) is 9.60. The third-order valence-electron chi connectivity index (χ3n) is 5.21. The summed E-state index contributed by atoms with van der Waals surface area (Å²) in [6, 6.07) is 17.8. The van der Waals surface area contributed by atoms with Crippen molar-refractivity contribution in [2.45, 2.75) is 20.3 Å². The largest absolute Gasteiger partial charge is 0.370 e. The number of nitrogens with one attached hydrogen (secondary N) is 1. The minimum atomic E-state index is -0.0893. The fourth-order valence-electron chi connectivity index (χ4n) is 4.14. The molecule has 27 heavy (non-hydrogen) atoms. The molecular weight excluding hydrogens is 334 g/mol. The molecule has 2 unspecified atom stereocenters. The molecule has 0 bridgehead atoms. The number of fused-ring (bicyclic) bond motifs is 1. The number of para-hydroxylation sites is 2. The van der Waals surface area contributed by atoms with Crippen molar-refractivity contribution in [1.29, 1.82) is 0 Å². The lowest BCUT2D eigenvalue weighted by Gasteiger charge is -2.37. The van der Waals surface area contributed by atoms with Crippen molar-refractivity contribution in [1.82, 2.24) is 4.98 Å². The van der Waals surface area contributed by atoms with Crippen molar-refractivity contribution < 1.29 is 4.79 Å². The molecule has 1 aromatic heterocycles. The molecule has 1 amide bonds. The van der Waals surface area contributed by atoms with Crippen LogP contribution < -0.4 is 10.2 Å². The number of aromatic nitrogens is 1. The Morgan fingerprint density at radius 1 is 1.04 bits per heavy atom. The van der Waals surface area contributed by atoms with Crippen molar-refractivity contribution in [3.8, 4) is 0 Å². The summed E-state index contributed by atoms with van der Waals surface area (Å²) in [6.07, 6.45) is 2.96. The molecule has 2 heterocycles. The van der Waals surface area contributed by atoms with Gasteiger partial charge in [-0.2, -0.15) is 0 Å². The molecule has 0 saturated carbocycles. The average Bonchev–Trinajstić information content (AvgIpc) is 2.67. The summed E-state index contributed by atoms with van der Waals surface area (Å²) >= 11 is 0. The van der Waals surface area contributed by atoms with Gasteiger partial charge in [-0.05, 0) is 42.5 Å². The molecule has 0 radical (unpaired) electrons. The van der Waals surface area contributed by atoms with E-state index in [1.165, 1.54) is 6.42 Å². The lowest BCUT2D eigenvalue weighted by atomic mass is 9.91. The van der Waals surface area contributed by atoms with Crippen molar-refractivity contribution in [2.24, 2.45) is 11.8 Å². The summed E-state index contributed by atoms with van der Waals surface area (Å²) in [5, 5.41) is 4.04. The van der Waals surface area contributed by atoms with Gasteiger partial charge in [0, 0.05) is 24.2 Å². The van der Waals surface area contributed by atoms with Crippen LogP contribution in [0.15, 0.2) is 60.8 Å². The molecular formula is C23H25N3O. The SMILES string of the molecule is CC1CC(C)CN(c2ccccc2C(=O)Nc2cnc3ccccc3c2)C1. The number of hydrogen-bond acceptors (Lipinski definition) is 3. The second kappa shape index (κ2) is 7.39. The van der Waals surface area contributed by atoms with Crippen molar-refractivity contribution >= 4 is 28.2 Å². The van der Waals surface area contributed by atoms with E-state index in [-0.39, 0.29) is 5.91 Å². The number of benzene rings is 2. The second-order valence-corrected chi connectivity index (χ2v) is 7.74. The van der Waals surface area contributed by atoms with Crippen LogP contribution in [-0.4, -0.2) is 24.0 Å². The molecule has 4 nitrogen and oxygen atoms in total. The van der Waals surface area contributed by atoms with E-state index in [1.54, 1.807) is 6.20 Å². The van der Waals surface area contributed by atoms with Crippen LogP contribution in [-0.2, 0) is 0 Å². The number of carbonyl (C=O) groups excluding carboxylic acids is 1. The molecule has 4 heteroatoms. The van der Waals surface area contributed by atoms with E-state index in [0.29, 0.717) is 23.1 Å². The number of rotatable bonds is 3. The smallest absolute Gasteiger partial charge is 0.257 e. The van der Waals surface area contributed by atoms with E-state index in [4.69, 9.17) is 0 Å². The Morgan fingerprint density at radius 3 is 2.56 bits per heavy atom. The summed E-state index contributed by atoms with van der Waals surface area (Å²) in [5.74, 6) is 1.18. The van der Waals surface area contributed by atoms with Gasteiger partial charge < -0.3 is 10.2 Å². The quantitative estimate of drug-likeness (QED) is 0.718. The summed E-state index contributed by atoms with van der Waals surface area (Å²) in [7, 11) is 0. The third-order valence-corrected chi connectivity index (χ3v) is 5.21. The van der Waals surface area contributed by atoms with Gasteiger partial charge >= 0.3 is 0 Å². The summed E-state index contributed by atoms with van der Waals surface area (Å²) in [4.78, 5) is 19.8. The average molecular weight is 359 g/mol. The van der Waals surface area contributed by atoms with Crippen molar-refractivity contribution in [3.05, 3.63) is 66.4 Å². The highest BCUT2D eigenvalue weighted by molar-refractivity contribution is 6.08. The highest BCUT2D eigenvalue weighted by Gasteiger charge is 2.25. The highest BCUT2D eigenvalue weighted by atomic mass is 16.1. The van der Waals surface area contributed by atoms with Crippen LogP contribution in [0.5, 0.6) is 0 Å². The molecule has 1 aliphatic heterocycles. The van der Waals surface area contributed by atoms with Crippen LogP contribution in [0.4, 0.5) is 11.4 Å². The first-order valence-electron chi connectivity index (χ1n) is 9.60. The minimum absolute atomic E-state index is 0.0893. The van der Waals surface area contributed by atoms with E-state index in [1.807, 2.05) is 48.5 Å². The first-order chi connectivity index (χ1) is 13.1. The molecule has 0 aliphatic carbocycles. The maximum atomic E-state index is 13.0. The van der Waals surface area contributed by atoms with Gasteiger partial charge in [0.15, 0.2) is 0 Å².